The summed E-state index contributed by atoms with van der Waals surface area (Å²) in [5, 5.41) is 5.66. The van der Waals surface area contributed by atoms with Crippen LogP contribution >= 0.6 is 35.8 Å². The molecule has 1 aromatic rings. The molecule has 0 spiro atoms. The monoisotopic (exact) mass is 365 g/mol. The lowest BCUT2D eigenvalue weighted by Gasteiger charge is -2.12. The highest BCUT2D eigenvalue weighted by atomic mass is 35.5. The smallest absolute Gasteiger partial charge is 0.252 e. The molecule has 1 rings (SSSR count). The van der Waals surface area contributed by atoms with Crippen molar-refractivity contribution in [3.63, 3.8) is 0 Å². The molecule has 0 aromatic heterocycles. The maximum Gasteiger partial charge on any atom is 0.252 e. The average Bonchev–Trinajstić information content (AvgIpc) is 2.44. The van der Waals surface area contributed by atoms with Gasteiger partial charge >= 0.3 is 0 Å². The molecule has 1 aromatic carbocycles. The second kappa shape index (κ2) is 10.7. The summed E-state index contributed by atoms with van der Waals surface area (Å²) in [6.07, 6.45) is 2.57. The van der Waals surface area contributed by atoms with Crippen molar-refractivity contribution in [1.82, 2.24) is 5.32 Å². The van der Waals surface area contributed by atoms with E-state index in [-0.39, 0.29) is 29.2 Å². The van der Waals surface area contributed by atoms with Gasteiger partial charge in [-0.15, -0.1) is 12.4 Å². The van der Waals surface area contributed by atoms with Crippen molar-refractivity contribution < 1.29 is 9.59 Å². The Bertz CT molecular complexity index is 515. The van der Waals surface area contributed by atoms with Crippen molar-refractivity contribution in [3.05, 3.63) is 28.8 Å². The Kier molecular flexibility index (Phi) is 10.3. The van der Waals surface area contributed by atoms with Gasteiger partial charge in [0.25, 0.3) is 5.91 Å². The first-order valence-electron chi connectivity index (χ1n) is 6.62. The zero-order chi connectivity index (χ0) is 15.8. The largest absolute Gasteiger partial charge is 0.352 e. The lowest BCUT2D eigenvalue weighted by atomic mass is 10.1. The predicted octanol–water partition coefficient (Wildman–Crippen LogP) is 2.53. The maximum absolute atomic E-state index is 11.9. The van der Waals surface area contributed by atoms with E-state index in [2.05, 4.69) is 10.6 Å². The van der Waals surface area contributed by atoms with Crippen LogP contribution < -0.4 is 16.4 Å². The van der Waals surface area contributed by atoms with E-state index in [0.717, 1.165) is 5.75 Å². The fourth-order valence-corrected chi connectivity index (χ4v) is 2.40. The summed E-state index contributed by atoms with van der Waals surface area (Å²) in [4.78, 5) is 23.6. The van der Waals surface area contributed by atoms with Crippen LogP contribution in [0.5, 0.6) is 0 Å². The van der Waals surface area contributed by atoms with E-state index in [4.69, 9.17) is 17.3 Å². The van der Waals surface area contributed by atoms with Crippen LogP contribution in [0.15, 0.2) is 18.2 Å². The Labute approximate surface area is 146 Å². The van der Waals surface area contributed by atoms with Crippen LogP contribution in [-0.4, -0.2) is 36.4 Å². The van der Waals surface area contributed by atoms with E-state index in [9.17, 15) is 9.59 Å². The van der Waals surface area contributed by atoms with Gasteiger partial charge in [-0.3, -0.25) is 9.59 Å². The van der Waals surface area contributed by atoms with E-state index in [1.165, 1.54) is 0 Å². The van der Waals surface area contributed by atoms with E-state index in [1.807, 2.05) is 13.2 Å². The molecule has 4 N–H and O–H groups in total. The highest BCUT2D eigenvalue weighted by Crippen LogP contribution is 2.21. The first-order chi connectivity index (χ1) is 9.99. The van der Waals surface area contributed by atoms with Crippen LogP contribution in [0.4, 0.5) is 5.69 Å². The summed E-state index contributed by atoms with van der Waals surface area (Å²) in [7, 11) is 0. The van der Waals surface area contributed by atoms with Gasteiger partial charge in [0.2, 0.25) is 5.91 Å². The van der Waals surface area contributed by atoms with Crippen LogP contribution in [0, 0.1) is 0 Å². The minimum atomic E-state index is -0.556. The number of hydrogen-bond donors (Lipinski definition) is 3. The third-order valence-corrected chi connectivity index (χ3v) is 3.74. The molecule has 5 nitrogen and oxygen atoms in total. The first-order valence-corrected chi connectivity index (χ1v) is 8.39. The minimum Gasteiger partial charge on any atom is -0.352 e. The van der Waals surface area contributed by atoms with E-state index in [1.54, 1.807) is 30.0 Å². The van der Waals surface area contributed by atoms with Gasteiger partial charge in [0.15, 0.2) is 0 Å². The molecular weight excluding hydrogens is 345 g/mol. The van der Waals surface area contributed by atoms with Crippen LogP contribution in [-0.2, 0) is 4.79 Å². The zero-order valence-electron chi connectivity index (χ0n) is 12.5. The Morgan fingerprint density at radius 3 is 2.64 bits per heavy atom. The normalized spacial score (nSPS) is 11.3. The Morgan fingerprint density at radius 2 is 2.09 bits per heavy atom. The summed E-state index contributed by atoms with van der Waals surface area (Å²) in [6.45, 7) is 2.36. The molecule has 22 heavy (non-hydrogen) atoms. The third kappa shape index (κ3) is 6.44. The fourth-order valence-electron chi connectivity index (χ4n) is 1.64. The number of nitrogens with two attached hydrogens (primary N) is 1. The lowest BCUT2D eigenvalue weighted by Crippen LogP contribution is -2.36. The number of thioether (sulfide) groups is 1. The second-order valence-corrected chi connectivity index (χ2v) is 5.82. The van der Waals surface area contributed by atoms with Gasteiger partial charge in [-0.2, -0.15) is 11.8 Å². The summed E-state index contributed by atoms with van der Waals surface area (Å²) in [6, 6.07) is 4.21. The van der Waals surface area contributed by atoms with Gasteiger partial charge in [0.05, 0.1) is 16.6 Å². The molecule has 0 saturated carbocycles. The van der Waals surface area contributed by atoms with Crippen LogP contribution in [0.2, 0.25) is 5.02 Å². The molecule has 0 saturated heterocycles. The molecule has 0 unspecified atom stereocenters. The number of nitrogens with one attached hydrogen (secondary N) is 2. The molecule has 2 amide bonds. The maximum atomic E-state index is 11.9. The zero-order valence-corrected chi connectivity index (χ0v) is 14.9. The van der Waals surface area contributed by atoms with Gasteiger partial charge in [0, 0.05) is 12.2 Å². The van der Waals surface area contributed by atoms with Gasteiger partial charge in [-0.05, 0) is 43.6 Å². The van der Waals surface area contributed by atoms with Gasteiger partial charge in [-0.1, -0.05) is 11.6 Å². The lowest BCUT2D eigenvalue weighted by molar-refractivity contribution is -0.117. The third-order valence-electron chi connectivity index (χ3n) is 2.79. The topological polar surface area (TPSA) is 84.2 Å². The summed E-state index contributed by atoms with van der Waals surface area (Å²) in [5.74, 6) is 0.328. The van der Waals surface area contributed by atoms with Crippen molar-refractivity contribution in [1.29, 1.82) is 0 Å². The number of rotatable bonds is 7. The molecule has 8 heteroatoms. The van der Waals surface area contributed by atoms with Crippen LogP contribution in [0.25, 0.3) is 0 Å². The quantitative estimate of drug-likeness (QED) is 0.692. The van der Waals surface area contributed by atoms with Crippen molar-refractivity contribution in [3.8, 4) is 0 Å². The molecule has 0 radical (unpaired) electrons. The summed E-state index contributed by atoms with van der Waals surface area (Å²) in [5.41, 5.74) is 6.69. The van der Waals surface area contributed by atoms with Crippen molar-refractivity contribution in [2.24, 2.45) is 5.73 Å². The molecule has 1 atom stereocenters. The summed E-state index contributed by atoms with van der Waals surface area (Å²) < 4.78 is 0. The molecule has 124 valence electrons. The minimum absolute atomic E-state index is 0. The van der Waals surface area contributed by atoms with E-state index in [0.29, 0.717) is 24.2 Å². The molecule has 0 fully saturated rings. The second-order valence-electron chi connectivity index (χ2n) is 4.43. The standard InChI is InChI=1S/C14H20ClN3O2S.ClH/c1-3-17-13(19)10-5-4-9(8-11(10)15)18-14(20)12(16)6-7-21-2;/h4-5,8,12H,3,6-7,16H2,1-2H3,(H,17,19)(H,18,20);1H/t12-;/m0./s1. The first kappa shape index (κ1) is 21.0. The predicted molar refractivity (Wildman–Crippen MR) is 96.3 cm³/mol. The SMILES string of the molecule is CCNC(=O)c1ccc(NC(=O)[C@@H](N)CCSC)cc1Cl.Cl. The number of anilines is 1. The highest BCUT2D eigenvalue weighted by molar-refractivity contribution is 7.98. The molecular formula is C14H21Cl2N3O2S. The Morgan fingerprint density at radius 1 is 1.41 bits per heavy atom. The van der Waals surface area contributed by atoms with Crippen molar-refractivity contribution in [2.75, 3.05) is 23.9 Å². The number of amides is 2. The van der Waals surface area contributed by atoms with Crippen molar-refractivity contribution >= 4 is 53.3 Å². The van der Waals surface area contributed by atoms with Gasteiger partial charge < -0.3 is 16.4 Å². The number of carbonyl (C=O) groups excluding carboxylic acids is 2. The molecule has 0 bridgehead atoms. The fraction of sp³-hybridized carbons (Fsp3) is 0.429. The molecule has 0 aliphatic heterocycles. The Hall–Kier alpha value is -0.950. The van der Waals surface area contributed by atoms with E-state index < -0.39 is 6.04 Å². The van der Waals surface area contributed by atoms with Gasteiger partial charge in [0.1, 0.15) is 0 Å². The van der Waals surface area contributed by atoms with Crippen molar-refractivity contribution in [2.45, 2.75) is 19.4 Å². The van der Waals surface area contributed by atoms with E-state index >= 15 is 0 Å². The molecule has 0 heterocycles. The van der Waals surface area contributed by atoms with Crippen LogP contribution in [0.1, 0.15) is 23.7 Å². The number of hydrogen-bond acceptors (Lipinski definition) is 4. The highest BCUT2D eigenvalue weighted by Gasteiger charge is 2.15. The molecule has 0 aliphatic rings. The number of benzene rings is 1. The van der Waals surface area contributed by atoms with Gasteiger partial charge in [-0.25, -0.2) is 0 Å². The average molecular weight is 366 g/mol. The van der Waals surface area contributed by atoms with Crippen LogP contribution in [0.3, 0.4) is 0 Å². The summed E-state index contributed by atoms with van der Waals surface area (Å²) >= 11 is 7.70. The number of halogens is 2. The number of carbonyl (C=O) groups is 2. The molecule has 0 aliphatic carbocycles. The Balaban J connectivity index is 0.00000441.